The van der Waals surface area contributed by atoms with Crippen LogP contribution in [0.15, 0.2) is 48.2 Å². The lowest BCUT2D eigenvalue weighted by atomic mass is 9.82. The predicted molar refractivity (Wildman–Crippen MR) is 86.7 cm³/mol. The van der Waals surface area contributed by atoms with Crippen LogP contribution in [0.2, 0.25) is 0 Å². The van der Waals surface area contributed by atoms with E-state index in [2.05, 4.69) is 5.09 Å². The SMILES string of the molecule is CCC(CC1C(=O)C=CC=C1NP(=O)(O)O)c1cccc(O)c1. The number of hydrogen-bond donors (Lipinski definition) is 4. The van der Waals surface area contributed by atoms with E-state index in [1.54, 1.807) is 18.2 Å². The second-order valence-corrected chi connectivity index (χ2v) is 6.84. The zero-order valence-electron chi connectivity index (χ0n) is 12.7. The smallest absolute Gasteiger partial charge is 0.427 e. The Bertz CT molecular complexity index is 691. The summed E-state index contributed by atoms with van der Waals surface area (Å²) in [6, 6.07) is 6.83. The minimum atomic E-state index is -4.47. The third-order valence-electron chi connectivity index (χ3n) is 3.88. The Kier molecular flexibility index (Phi) is 5.42. The fraction of sp³-hybridized carbons (Fsp3) is 0.312. The van der Waals surface area contributed by atoms with Crippen molar-refractivity contribution >= 4 is 13.5 Å². The van der Waals surface area contributed by atoms with E-state index in [0.717, 1.165) is 12.0 Å². The van der Waals surface area contributed by atoms with Crippen molar-refractivity contribution in [1.82, 2.24) is 5.09 Å². The van der Waals surface area contributed by atoms with Gasteiger partial charge in [-0.3, -0.25) is 9.88 Å². The standard InChI is InChI=1S/C16H20NO5P/c1-2-11(12-5-3-6-13(18)9-12)10-14-15(17-23(20,21)22)7-4-8-16(14)19/h3-9,11,14,18H,2,10H2,1H3,(H3,17,20,21,22). The van der Waals surface area contributed by atoms with Gasteiger partial charge in [0.25, 0.3) is 0 Å². The summed E-state index contributed by atoms with van der Waals surface area (Å²) in [5, 5.41) is 11.8. The molecule has 6 nitrogen and oxygen atoms in total. The lowest BCUT2D eigenvalue weighted by molar-refractivity contribution is -0.117. The molecule has 4 N–H and O–H groups in total. The summed E-state index contributed by atoms with van der Waals surface area (Å²) in [7, 11) is -4.47. The summed E-state index contributed by atoms with van der Waals surface area (Å²) in [6.07, 6.45) is 5.54. The molecule has 2 unspecified atom stereocenters. The van der Waals surface area contributed by atoms with Crippen molar-refractivity contribution in [2.24, 2.45) is 5.92 Å². The first-order valence-corrected chi connectivity index (χ1v) is 8.96. The van der Waals surface area contributed by atoms with Crippen molar-refractivity contribution in [3.8, 4) is 5.75 Å². The van der Waals surface area contributed by atoms with Gasteiger partial charge >= 0.3 is 7.75 Å². The molecule has 1 aromatic rings. The van der Waals surface area contributed by atoms with Crippen molar-refractivity contribution < 1.29 is 24.3 Å². The molecule has 7 heteroatoms. The maximum absolute atomic E-state index is 12.2. The highest BCUT2D eigenvalue weighted by atomic mass is 31.2. The van der Waals surface area contributed by atoms with Crippen molar-refractivity contribution in [1.29, 1.82) is 0 Å². The van der Waals surface area contributed by atoms with Crippen LogP contribution in [-0.2, 0) is 9.36 Å². The maximum Gasteiger partial charge on any atom is 0.427 e. The summed E-state index contributed by atoms with van der Waals surface area (Å²) < 4.78 is 11.2. The highest BCUT2D eigenvalue weighted by Gasteiger charge is 2.30. The Balaban J connectivity index is 2.23. The van der Waals surface area contributed by atoms with Gasteiger partial charge in [-0.1, -0.05) is 25.1 Å². The van der Waals surface area contributed by atoms with Crippen LogP contribution in [0, 0.1) is 5.92 Å². The number of phenolic OH excluding ortho intramolecular Hbond substituents is 1. The number of nitrogens with one attached hydrogen (secondary N) is 1. The van der Waals surface area contributed by atoms with E-state index >= 15 is 0 Å². The molecular weight excluding hydrogens is 317 g/mol. The van der Waals surface area contributed by atoms with Crippen LogP contribution in [0.3, 0.4) is 0 Å². The minimum absolute atomic E-state index is 0.00970. The summed E-state index contributed by atoms with van der Waals surface area (Å²) in [6.45, 7) is 1.97. The second-order valence-electron chi connectivity index (χ2n) is 5.53. The van der Waals surface area contributed by atoms with Gasteiger partial charge in [-0.25, -0.2) is 4.57 Å². The summed E-state index contributed by atoms with van der Waals surface area (Å²) in [4.78, 5) is 30.4. The van der Waals surface area contributed by atoms with E-state index < -0.39 is 13.7 Å². The van der Waals surface area contributed by atoms with Crippen LogP contribution in [0.4, 0.5) is 0 Å². The Labute approximate surface area is 134 Å². The maximum atomic E-state index is 12.2. The fourth-order valence-corrected chi connectivity index (χ4v) is 3.33. The monoisotopic (exact) mass is 337 g/mol. The van der Waals surface area contributed by atoms with Crippen LogP contribution in [0.25, 0.3) is 0 Å². The molecule has 0 radical (unpaired) electrons. The van der Waals surface area contributed by atoms with Gasteiger partial charge < -0.3 is 14.9 Å². The van der Waals surface area contributed by atoms with Crippen molar-refractivity contribution in [3.63, 3.8) is 0 Å². The Morgan fingerprint density at radius 2 is 2.09 bits per heavy atom. The normalized spacial score (nSPS) is 19.3. The molecule has 1 aromatic carbocycles. The van der Waals surface area contributed by atoms with Gasteiger partial charge in [-0.15, -0.1) is 0 Å². The number of allylic oxidation sites excluding steroid dienone is 4. The molecule has 2 rings (SSSR count). The Hall–Kier alpha value is -1.88. The lowest BCUT2D eigenvalue weighted by Crippen LogP contribution is -2.27. The number of aromatic hydroxyl groups is 1. The van der Waals surface area contributed by atoms with Gasteiger partial charge in [-0.05, 0) is 48.6 Å². The van der Waals surface area contributed by atoms with Gasteiger partial charge in [0.1, 0.15) is 5.75 Å². The molecular formula is C16H20NO5P. The van der Waals surface area contributed by atoms with Crippen LogP contribution >= 0.6 is 7.75 Å². The summed E-state index contributed by atoms with van der Waals surface area (Å²) in [5.74, 6) is -0.688. The summed E-state index contributed by atoms with van der Waals surface area (Å²) >= 11 is 0. The molecule has 0 heterocycles. The molecule has 1 aliphatic rings. The van der Waals surface area contributed by atoms with E-state index in [0.29, 0.717) is 6.42 Å². The minimum Gasteiger partial charge on any atom is -0.508 e. The third kappa shape index (κ3) is 4.79. The number of phenols is 1. The van der Waals surface area contributed by atoms with E-state index in [9.17, 15) is 14.5 Å². The first-order valence-electron chi connectivity index (χ1n) is 7.35. The molecule has 2 atom stereocenters. The van der Waals surface area contributed by atoms with Gasteiger partial charge in [0.05, 0.1) is 5.92 Å². The zero-order chi connectivity index (χ0) is 17.0. The van der Waals surface area contributed by atoms with E-state index in [1.165, 1.54) is 18.2 Å². The van der Waals surface area contributed by atoms with Crippen molar-refractivity contribution in [2.75, 3.05) is 0 Å². The largest absolute Gasteiger partial charge is 0.508 e. The first-order chi connectivity index (χ1) is 10.8. The van der Waals surface area contributed by atoms with Crippen LogP contribution in [-0.4, -0.2) is 20.7 Å². The Morgan fingerprint density at radius 1 is 1.35 bits per heavy atom. The topological polar surface area (TPSA) is 107 Å². The average Bonchev–Trinajstić information content (AvgIpc) is 2.45. The number of carbonyl (C=O) groups is 1. The van der Waals surface area contributed by atoms with E-state index in [4.69, 9.17) is 9.79 Å². The molecule has 0 saturated heterocycles. The highest BCUT2D eigenvalue weighted by molar-refractivity contribution is 7.49. The molecule has 0 aromatic heterocycles. The predicted octanol–water partition coefficient (Wildman–Crippen LogP) is 2.60. The quantitative estimate of drug-likeness (QED) is 0.595. The zero-order valence-corrected chi connectivity index (χ0v) is 13.6. The third-order valence-corrected chi connectivity index (χ3v) is 4.43. The number of ketones is 1. The van der Waals surface area contributed by atoms with Gasteiger partial charge in [-0.2, -0.15) is 0 Å². The second kappa shape index (κ2) is 7.13. The fourth-order valence-electron chi connectivity index (χ4n) is 2.76. The van der Waals surface area contributed by atoms with Crippen LogP contribution < -0.4 is 5.09 Å². The molecule has 1 aliphatic carbocycles. The first kappa shape index (κ1) is 17.5. The van der Waals surface area contributed by atoms with Gasteiger partial charge in [0.2, 0.25) is 0 Å². The number of carbonyl (C=O) groups excluding carboxylic acids is 1. The van der Waals surface area contributed by atoms with Crippen molar-refractivity contribution in [3.05, 3.63) is 53.8 Å². The number of benzene rings is 1. The molecule has 0 aliphatic heterocycles. The molecule has 0 fully saturated rings. The molecule has 0 amide bonds. The van der Waals surface area contributed by atoms with Crippen LogP contribution in [0.5, 0.6) is 5.75 Å². The van der Waals surface area contributed by atoms with Gasteiger partial charge in [0.15, 0.2) is 5.78 Å². The average molecular weight is 337 g/mol. The van der Waals surface area contributed by atoms with Crippen LogP contribution in [0.1, 0.15) is 31.2 Å². The molecule has 0 spiro atoms. The van der Waals surface area contributed by atoms with Crippen molar-refractivity contribution in [2.45, 2.75) is 25.7 Å². The molecule has 23 heavy (non-hydrogen) atoms. The van der Waals surface area contributed by atoms with Gasteiger partial charge in [0, 0.05) is 5.70 Å². The molecule has 0 bridgehead atoms. The molecule has 0 saturated carbocycles. The lowest BCUT2D eigenvalue weighted by Gasteiger charge is -2.26. The summed E-state index contributed by atoms with van der Waals surface area (Å²) in [5.41, 5.74) is 1.12. The highest BCUT2D eigenvalue weighted by Crippen LogP contribution is 2.37. The Morgan fingerprint density at radius 3 is 2.70 bits per heavy atom. The van der Waals surface area contributed by atoms with E-state index in [1.807, 2.05) is 13.0 Å². The number of hydrogen-bond acceptors (Lipinski definition) is 3. The molecule has 124 valence electrons. The number of rotatable bonds is 6. The van der Waals surface area contributed by atoms with E-state index in [-0.39, 0.29) is 23.1 Å².